The second-order valence-corrected chi connectivity index (χ2v) is 4.70. The minimum absolute atomic E-state index is 0.284. The van der Waals surface area contributed by atoms with Crippen LogP contribution < -0.4 is 5.32 Å². The van der Waals surface area contributed by atoms with Gasteiger partial charge in [-0.2, -0.15) is 0 Å². The Morgan fingerprint density at radius 3 is 2.84 bits per heavy atom. The number of halogens is 2. The Balaban J connectivity index is 2.16. The molecule has 0 spiro atoms. The third kappa shape index (κ3) is 3.21. The number of benzene rings is 1. The first-order valence-electron chi connectivity index (χ1n) is 5.52. The van der Waals surface area contributed by atoms with Crippen LogP contribution in [0, 0.1) is 5.82 Å². The van der Waals surface area contributed by atoms with Gasteiger partial charge in [-0.15, -0.1) is 0 Å². The standard InChI is InChI=1S/C13H11BrFNO3/c14-10-6-8(15)3-4-9(10)13(18)16-11(7-17)12-2-1-5-19-12/h1-6,11,17H,7H2,(H,16,18). The van der Waals surface area contributed by atoms with Gasteiger partial charge in [-0.3, -0.25) is 4.79 Å². The molecule has 0 fully saturated rings. The molecule has 0 bridgehead atoms. The molecule has 0 saturated carbocycles. The average molecular weight is 328 g/mol. The highest BCUT2D eigenvalue weighted by atomic mass is 79.9. The van der Waals surface area contributed by atoms with Crippen molar-refractivity contribution < 1.29 is 18.7 Å². The van der Waals surface area contributed by atoms with Crippen molar-refractivity contribution in [2.75, 3.05) is 6.61 Å². The number of aliphatic hydroxyl groups excluding tert-OH is 1. The summed E-state index contributed by atoms with van der Waals surface area (Å²) >= 11 is 3.12. The fourth-order valence-electron chi connectivity index (χ4n) is 1.61. The molecule has 0 aliphatic rings. The fourth-order valence-corrected chi connectivity index (χ4v) is 2.14. The molecule has 0 aliphatic carbocycles. The molecule has 2 rings (SSSR count). The molecule has 2 aromatic rings. The number of aliphatic hydroxyl groups is 1. The summed E-state index contributed by atoms with van der Waals surface area (Å²) in [6.07, 6.45) is 1.46. The summed E-state index contributed by atoms with van der Waals surface area (Å²) in [5, 5.41) is 11.9. The van der Waals surface area contributed by atoms with E-state index in [1.807, 2.05) is 0 Å². The zero-order chi connectivity index (χ0) is 13.8. The number of rotatable bonds is 4. The van der Waals surface area contributed by atoms with E-state index in [1.54, 1.807) is 12.1 Å². The van der Waals surface area contributed by atoms with Gasteiger partial charge < -0.3 is 14.8 Å². The van der Waals surface area contributed by atoms with Crippen LogP contribution >= 0.6 is 15.9 Å². The van der Waals surface area contributed by atoms with Crippen LogP contribution in [-0.4, -0.2) is 17.6 Å². The molecule has 2 N–H and O–H groups in total. The zero-order valence-electron chi connectivity index (χ0n) is 9.77. The van der Waals surface area contributed by atoms with Crippen molar-refractivity contribution in [2.24, 2.45) is 0 Å². The monoisotopic (exact) mass is 327 g/mol. The maximum atomic E-state index is 12.9. The van der Waals surface area contributed by atoms with E-state index < -0.39 is 17.8 Å². The summed E-state index contributed by atoms with van der Waals surface area (Å²) in [5.74, 6) is -0.412. The van der Waals surface area contributed by atoms with Crippen LogP contribution in [0.5, 0.6) is 0 Å². The summed E-state index contributed by atoms with van der Waals surface area (Å²) in [6, 6.07) is 6.44. The van der Waals surface area contributed by atoms with Crippen molar-refractivity contribution in [3.63, 3.8) is 0 Å². The van der Waals surface area contributed by atoms with E-state index >= 15 is 0 Å². The minimum Gasteiger partial charge on any atom is -0.467 e. The molecule has 0 radical (unpaired) electrons. The van der Waals surface area contributed by atoms with E-state index in [-0.39, 0.29) is 12.2 Å². The van der Waals surface area contributed by atoms with Gasteiger partial charge in [0.1, 0.15) is 17.6 Å². The third-order valence-electron chi connectivity index (χ3n) is 2.55. The Morgan fingerprint density at radius 1 is 1.47 bits per heavy atom. The van der Waals surface area contributed by atoms with Gasteiger partial charge in [0.25, 0.3) is 5.91 Å². The van der Waals surface area contributed by atoms with Crippen molar-refractivity contribution >= 4 is 21.8 Å². The van der Waals surface area contributed by atoms with Gasteiger partial charge in [0, 0.05) is 4.47 Å². The molecule has 1 aromatic heterocycles. The number of nitrogens with one attached hydrogen (secondary N) is 1. The molecule has 1 amide bonds. The molecule has 6 heteroatoms. The summed E-state index contributed by atoms with van der Waals surface area (Å²) in [7, 11) is 0. The van der Waals surface area contributed by atoms with Gasteiger partial charge in [0.15, 0.2) is 0 Å². The molecular weight excluding hydrogens is 317 g/mol. The molecule has 1 aromatic carbocycles. The van der Waals surface area contributed by atoms with Crippen LogP contribution in [-0.2, 0) is 0 Å². The van der Waals surface area contributed by atoms with Crippen LogP contribution in [0.2, 0.25) is 0 Å². The summed E-state index contributed by atoms with van der Waals surface area (Å²) in [6.45, 7) is -0.294. The van der Waals surface area contributed by atoms with E-state index in [0.29, 0.717) is 10.2 Å². The first-order valence-corrected chi connectivity index (χ1v) is 6.31. The lowest BCUT2D eigenvalue weighted by Gasteiger charge is -2.14. The highest BCUT2D eigenvalue weighted by Crippen LogP contribution is 2.20. The number of hydrogen-bond donors (Lipinski definition) is 2. The van der Waals surface area contributed by atoms with Gasteiger partial charge in [0.2, 0.25) is 0 Å². The molecule has 19 heavy (non-hydrogen) atoms. The van der Waals surface area contributed by atoms with Crippen LogP contribution in [0.1, 0.15) is 22.2 Å². The maximum Gasteiger partial charge on any atom is 0.253 e. The zero-order valence-corrected chi connectivity index (χ0v) is 11.4. The van der Waals surface area contributed by atoms with E-state index in [4.69, 9.17) is 4.42 Å². The fraction of sp³-hybridized carbons (Fsp3) is 0.154. The van der Waals surface area contributed by atoms with Gasteiger partial charge in [0.05, 0.1) is 18.4 Å². The number of hydrogen-bond acceptors (Lipinski definition) is 3. The molecular formula is C13H11BrFNO3. The summed E-state index contributed by atoms with van der Waals surface area (Å²) in [4.78, 5) is 12.0. The van der Waals surface area contributed by atoms with Crippen molar-refractivity contribution in [2.45, 2.75) is 6.04 Å². The van der Waals surface area contributed by atoms with Crippen molar-refractivity contribution in [3.05, 3.63) is 58.2 Å². The van der Waals surface area contributed by atoms with Crippen molar-refractivity contribution in [1.29, 1.82) is 0 Å². The summed E-state index contributed by atoms with van der Waals surface area (Å²) < 4.78 is 18.4. The first kappa shape index (κ1) is 13.8. The maximum absolute atomic E-state index is 12.9. The van der Waals surface area contributed by atoms with E-state index in [1.165, 1.54) is 24.5 Å². The second-order valence-electron chi connectivity index (χ2n) is 3.85. The highest BCUT2D eigenvalue weighted by Gasteiger charge is 2.18. The van der Waals surface area contributed by atoms with Gasteiger partial charge in [-0.1, -0.05) is 0 Å². The topological polar surface area (TPSA) is 62.5 Å². The predicted molar refractivity (Wildman–Crippen MR) is 70.1 cm³/mol. The number of carbonyl (C=O) groups is 1. The summed E-state index contributed by atoms with van der Waals surface area (Å²) in [5.41, 5.74) is 0.284. The Bertz CT molecular complexity index is 571. The van der Waals surface area contributed by atoms with Crippen LogP contribution in [0.4, 0.5) is 4.39 Å². The third-order valence-corrected chi connectivity index (χ3v) is 3.21. The van der Waals surface area contributed by atoms with Gasteiger partial charge in [-0.05, 0) is 46.3 Å². The van der Waals surface area contributed by atoms with Crippen molar-refractivity contribution in [3.8, 4) is 0 Å². The van der Waals surface area contributed by atoms with Gasteiger partial charge >= 0.3 is 0 Å². The van der Waals surface area contributed by atoms with Crippen LogP contribution in [0.25, 0.3) is 0 Å². The van der Waals surface area contributed by atoms with E-state index in [0.717, 1.165) is 0 Å². The molecule has 100 valence electrons. The largest absolute Gasteiger partial charge is 0.467 e. The van der Waals surface area contributed by atoms with Crippen molar-refractivity contribution in [1.82, 2.24) is 5.32 Å². The molecule has 1 atom stereocenters. The number of carbonyl (C=O) groups excluding carboxylic acids is 1. The smallest absolute Gasteiger partial charge is 0.253 e. The van der Waals surface area contributed by atoms with E-state index in [2.05, 4.69) is 21.2 Å². The normalized spacial score (nSPS) is 12.2. The van der Waals surface area contributed by atoms with Gasteiger partial charge in [-0.25, -0.2) is 4.39 Å². The Morgan fingerprint density at radius 2 is 2.26 bits per heavy atom. The molecule has 0 aliphatic heterocycles. The lowest BCUT2D eigenvalue weighted by Crippen LogP contribution is -2.30. The first-order chi connectivity index (χ1) is 9.11. The second kappa shape index (κ2) is 5.99. The predicted octanol–water partition coefficient (Wildman–Crippen LogP) is 2.64. The van der Waals surface area contributed by atoms with E-state index in [9.17, 15) is 14.3 Å². The Hall–Kier alpha value is -1.66. The SMILES string of the molecule is O=C(NC(CO)c1ccco1)c1ccc(F)cc1Br. The molecule has 1 heterocycles. The molecule has 4 nitrogen and oxygen atoms in total. The Labute approximate surface area is 117 Å². The molecule has 0 saturated heterocycles. The number of furan rings is 1. The lowest BCUT2D eigenvalue weighted by molar-refractivity contribution is 0.0906. The minimum atomic E-state index is -0.639. The number of amides is 1. The quantitative estimate of drug-likeness (QED) is 0.907. The Kier molecular flexibility index (Phi) is 4.34. The van der Waals surface area contributed by atoms with Crippen LogP contribution in [0.15, 0.2) is 45.5 Å². The molecule has 1 unspecified atom stereocenters. The average Bonchev–Trinajstić information content (AvgIpc) is 2.89. The highest BCUT2D eigenvalue weighted by molar-refractivity contribution is 9.10. The lowest BCUT2D eigenvalue weighted by atomic mass is 10.1. The van der Waals surface area contributed by atoms with Crippen LogP contribution in [0.3, 0.4) is 0 Å².